The summed E-state index contributed by atoms with van der Waals surface area (Å²) in [5.41, 5.74) is 7.70. The third-order valence-electron chi connectivity index (χ3n) is 2.88. The molecule has 1 aromatic rings. The van der Waals surface area contributed by atoms with E-state index < -0.39 is 0 Å². The van der Waals surface area contributed by atoms with E-state index in [1.165, 1.54) is 9.96 Å². The maximum atomic E-state index is 10.9. The lowest BCUT2D eigenvalue weighted by Crippen LogP contribution is -2.33. The average molecular weight is 323 g/mol. The summed E-state index contributed by atoms with van der Waals surface area (Å²) in [5, 5.41) is 1.36. The monoisotopic (exact) mass is 323 g/mol. The fourth-order valence-corrected chi connectivity index (χ4v) is 2.84. The molecule has 0 aliphatic carbocycles. The van der Waals surface area contributed by atoms with Crippen LogP contribution in [-0.4, -0.2) is 35.4 Å². The number of hydroxylamine groups is 2. The zero-order chi connectivity index (χ0) is 16.4. The van der Waals surface area contributed by atoms with Crippen molar-refractivity contribution in [2.75, 3.05) is 12.3 Å². The maximum Gasteiger partial charge on any atom is 0.233 e. The Bertz CT molecular complexity index is 420. The van der Waals surface area contributed by atoms with Crippen LogP contribution < -0.4 is 5.73 Å². The minimum atomic E-state index is -0.356. The molecule has 0 saturated carbocycles. The van der Waals surface area contributed by atoms with E-state index in [9.17, 15) is 4.79 Å². The van der Waals surface area contributed by atoms with Gasteiger partial charge in [0.05, 0.1) is 5.60 Å². The van der Waals surface area contributed by atoms with Crippen molar-refractivity contribution >= 4 is 18.2 Å². The molecule has 1 N–H and O–H groups in total. The van der Waals surface area contributed by atoms with Crippen LogP contribution >= 0.6 is 11.8 Å². The van der Waals surface area contributed by atoms with Crippen molar-refractivity contribution in [3.8, 4) is 0 Å². The van der Waals surface area contributed by atoms with E-state index in [1.807, 2.05) is 39.0 Å². The van der Waals surface area contributed by atoms with Crippen LogP contribution in [0, 0.1) is 0 Å². The Labute approximate surface area is 138 Å². The van der Waals surface area contributed by atoms with Crippen molar-refractivity contribution in [3.63, 3.8) is 0 Å². The summed E-state index contributed by atoms with van der Waals surface area (Å²) in [6.07, 6.45) is 3.37. The van der Waals surface area contributed by atoms with Crippen molar-refractivity contribution in [1.82, 2.24) is 10.8 Å². The molecule has 0 unspecified atom stereocenters. The van der Waals surface area contributed by atoms with Gasteiger partial charge in [0.25, 0.3) is 0 Å². The predicted octanol–water partition coefficient (Wildman–Crippen LogP) is 3.79. The van der Waals surface area contributed by atoms with Crippen LogP contribution in [0.1, 0.15) is 40.0 Å². The number of thioether (sulfide) groups is 1. The Morgan fingerprint density at radius 3 is 2.55 bits per heavy atom. The molecule has 0 spiro atoms. The lowest BCUT2D eigenvalue weighted by molar-refractivity contribution is -0.216. The van der Waals surface area contributed by atoms with E-state index in [0.717, 1.165) is 31.4 Å². The smallest absolute Gasteiger partial charge is 0.233 e. The van der Waals surface area contributed by atoms with Crippen LogP contribution in [0.5, 0.6) is 0 Å². The van der Waals surface area contributed by atoms with Gasteiger partial charge in [0.2, 0.25) is 6.41 Å². The molecule has 22 heavy (non-hydrogen) atoms. The number of nitrogens with zero attached hydrogens (tertiary/aromatic N) is 1. The Hall–Kier alpha value is -1.04. The predicted molar refractivity (Wildman–Crippen MR) is 91.5 cm³/mol. The van der Waals surface area contributed by atoms with Crippen molar-refractivity contribution in [2.45, 2.75) is 56.6 Å². The summed E-state index contributed by atoms with van der Waals surface area (Å²) in [7, 11) is 0. The Morgan fingerprint density at radius 2 is 1.95 bits per heavy atom. The highest BCUT2D eigenvalue weighted by Crippen LogP contribution is 2.19. The molecule has 0 aliphatic rings. The fourth-order valence-electron chi connectivity index (χ4n) is 1.93. The van der Waals surface area contributed by atoms with E-state index in [2.05, 4.69) is 12.1 Å². The quantitative estimate of drug-likeness (QED) is 0.285. The number of hydrogen-bond donors (Lipinski definition) is 0. The Kier molecular flexibility index (Phi) is 8.53. The molecule has 4 nitrogen and oxygen atoms in total. The van der Waals surface area contributed by atoms with Crippen LogP contribution in [0.3, 0.4) is 0 Å². The molecule has 123 valence electrons. The maximum absolute atomic E-state index is 10.9. The van der Waals surface area contributed by atoms with Crippen LogP contribution in [0.4, 0.5) is 0 Å². The van der Waals surface area contributed by atoms with E-state index in [4.69, 9.17) is 10.6 Å². The molecule has 0 heterocycles. The number of amides is 1. The van der Waals surface area contributed by atoms with Gasteiger partial charge in [0, 0.05) is 23.2 Å². The van der Waals surface area contributed by atoms with Crippen LogP contribution in [0.25, 0.3) is 0 Å². The molecule has 0 aromatic heterocycles. The topological polar surface area (TPSA) is 53.3 Å². The van der Waals surface area contributed by atoms with Gasteiger partial charge in [0.1, 0.15) is 0 Å². The molecule has 1 radical (unpaired) electrons. The van der Waals surface area contributed by atoms with Crippen LogP contribution in [0.15, 0.2) is 35.2 Å². The first-order valence-electron chi connectivity index (χ1n) is 7.71. The van der Waals surface area contributed by atoms with Crippen molar-refractivity contribution in [2.24, 2.45) is 0 Å². The number of benzene rings is 1. The number of carbonyl (C=O) groups excluding carboxylic acids is 1. The first kappa shape index (κ1) is 19.0. The number of carbonyl (C=O) groups is 1. The van der Waals surface area contributed by atoms with E-state index in [0.29, 0.717) is 6.54 Å². The summed E-state index contributed by atoms with van der Waals surface area (Å²) in [5.74, 6) is 0.805. The number of nitrogens with one attached hydrogen (secondary N) is 1. The van der Waals surface area contributed by atoms with Gasteiger partial charge in [-0.3, -0.25) is 15.4 Å². The summed E-state index contributed by atoms with van der Waals surface area (Å²) in [6, 6.07) is 10.1. The van der Waals surface area contributed by atoms with E-state index in [-0.39, 0.29) is 11.6 Å². The zero-order valence-corrected chi connectivity index (χ0v) is 14.6. The fraction of sp³-hybridized carbons (Fsp3) is 0.588. The highest BCUT2D eigenvalue weighted by atomic mass is 32.2. The highest BCUT2D eigenvalue weighted by Gasteiger charge is 2.15. The van der Waals surface area contributed by atoms with E-state index in [1.54, 1.807) is 11.8 Å². The Morgan fingerprint density at radius 1 is 1.27 bits per heavy atom. The molecule has 0 aliphatic heterocycles. The molecule has 1 aromatic carbocycles. The normalized spacial score (nSPS) is 12.9. The van der Waals surface area contributed by atoms with Gasteiger partial charge >= 0.3 is 0 Å². The largest absolute Gasteiger partial charge is 0.276 e. The number of hydrogen-bond acceptors (Lipinski definition) is 3. The SMILES string of the molecule is CC(C)(C)ON(C=O)CCCC[C@@H]([NH])CSc1ccccc1. The summed E-state index contributed by atoms with van der Waals surface area (Å²) < 4.78 is 0. The van der Waals surface area contributed by atoms with Crippen LogP contribution in [-0.2, 0) is 9.63 Å². The molecular formula is C17H27N2O2S. The first-order valence-corrected chi connectivity index (χ1v) is 8.69. The molecule has 1 atom stereocenters. The molecule has 0 fully saturated rings. The second kappa shape index (κ2) is 9.87. The van der Waals surface area contributed by atoms with Gasteiger partial charge in [-0.2, -0.15) is 0 Å². The third kappa shape index (κ3) is 9.07. The van der Waals surface area contributed by atoms with Gasteiger partial charge in [-0.1, -0.05) is 18.2 Å². The second-order valence-electron chi connectivity index (χ2n) is 6.27. The summed E-state index contributed by atoms with van der Waals surface area (Å²) in [4.78, 5) is 17.7. The van der Waals surface area contributed by atoms with Crippen molar-refractivity contribution in [1.29, 1.82) is 0 Å². The van der Waals surface area contributed by atoms with Crippen molar-refractivity contribution in [3.05, 3.63) is 30.3 Å². The lowest BCUT2D eigenvalue weighted by atomic mass is 10.1. The Balaban J connectivity index is 2.14. The molecular weight excluding hydrogens is 296 g/mol. The second-order valence-corrected chi connectivity index (χ2v) is 7.36. The van der Waals surface area contributed by atoms with Gasteiger partial charge in [-0.05, 0) is 52.2 Å². The van der Waals surface area contributed by atoms with Gasteiger partial charge in [-0.25, -0.2) is 5.06 Å². The zero-order valence-electron chi connectivity index (χ0n) is 13.7. The molecule has 0 saturated heterocycles. The summed E-state index contributed by atoms with van der Waals surface area (Å²) in [6.45, 7) is 6.34. The van der Waals surface area contributed by atoms with Gasteiger partial charge < -0.3 is 0 Å². The number of unbranched alkanes of at least 4 members (excludes halogenated alkanes) is 1. The van der Waals surface area contributed by atoms with Crippen LogP contribution in [0.2, 0.25) is 0 Å². The highest BCUT2D eigenvalue weighted by molar-refractivity contribution is 7.99. The molecule has 5 heteroatoms. The summed E-state index contributed by atoms with van der Waals surface area (Å²) >= 11 is 1.73. The molecule has 0 bridgehead atoms. The van der Waals surface area contributed by atoms with E-state index >= 15 is 0 Å². The molecule has 1 amide bonds. The van der Waals surface area contributed by atoms with Gasteiger partial charge in [-0.15, -0.1) is 11.8 Å². The molecule has 1 rings (SSSR count). The standard InChI is InChI=1S/C17H27N2O2S/c1-17(2,3)21-19(14-20)12-8-7-9-15(18)13-22-16-10-5-4-6-11-16/h4-6,10-11,14-15,18H,7-9,12-13H2,1-3H3/t15-/m1/s1. The third-order valence-corrected chi connectivity index (χ3v) is 4.06. The minimum Gasteiger partial charge on any atom is -0.276 e. The average Bonchev–Trinajstić information content (AvgIpc) is 2.48. The minimum absolute atomic E-state index is 0.0709. The number of rotatable bonds is 10. The van der Waals surface area contributed by atoms with Gasteiger partial charge in [0.15, 0.2) is 0 Å². The first-order chi connectivity index (χ1) is 10.4. The lowest BCUT2D eigenvalue weighted by Gasteiger charge is -2.26. The van der Waals surface area contributed by atoms with Crippen molar-refractivity contribution < 1.29 is 9.63 Å².